The average Bonchev–Trinajstić information content (AvgIpc) is 3.41. The van der Waals surface area contributed by atoms with E-state index in [4.69, 9.17) is 14.5 Å². The third-order valence-corrected chi connectivity index (χ3v) is 7.90. The Morgan fingerprint density at radius 2 is 1.72 bits per heavy atom. The maximum atomic E-state index is 13.3. The zero-order valence-corrected chi connectivity index (χ0v) is 21.7. The Balaban J connectivity index is 1.11. The van der Waals surface area contributed by atoms with Crippen LogP contribution in [0.4, 0.5) is 10.8 Å². The van der Waals surface area contributed by atoms with E-state index in [2.05, 4.69) is 26.3 Å². The molecule has 0 atom stereocenters. The van der Waals surface area contributed by atoms with Crippen molar-refractivity contribution >= 4 is 28.3 Å². The molecular weight excluding hydrogens is 474 g/mol. The number of benzene rings is 2. The Hall–Kier alpha value is -3.33. The Bertz CT molecular complexity index is 1170. The highest BCUT2D eigenvalue weighted by atomic mass is 32.1. The number of carbonyl (C=O) groups is 1. The molecule has 1 amide bonds. The second-order valence-electron chi connectivity index (χ2n) is 9.27. The van der Waals surface area contributed by atoms with Crippen LogP contribution in [0.3, 0.4) is 0 Å². The van der Waals surface area contributed by atoms with Crippen LogP contribution in [0.1, 0.15) is 24.2 Å². The van der Waals surface area contributed by atoms with Crippen molar-refractivity contribution in [1.82, 2.24) is 14.3 Å². The number of methoxy groups -OCH3 is 2. The topological polar surface area (TPSA) is 71.0 Å². The molecule has 5 rings (SSSR count). The van der Waals surface area contributed by atoms with Gasteiger partial charge in [0.15, 0.2) is 0 Å². The number of rotatable bonds is 7. The highest BCUT2D eigenvalue weighted by Gasteiger charge is 2.31. The zero-order valence-electron chi connectivity index (χ0n) is 20.9. The van der Waals surface area contributed by atoms with E-state index in [1.54, 1.807) is 14.2 Å². The minimum atomic E-state index is 0.0863. The summed E-state index contributed by atoms with van der Waals surface area (Å²) < 4.78 is 15.4. The molecule has 9 heteroatoms. The number of carbonyl (C=O) groups excluding carboxylic acids is 1. The summed E-state index contributed by atoms with van der Waals surface area (Å²) in [6.07, 6.45) is 2.40. The molecule has 0 radical (unpaired) electrons. The van der Waals surface area contributed by atoms with E-state index in [0.29, 0.717) is 12.3 Å². The van der Waals surface area contributed by atoms with Gasteiger partial charge in [-0.05, 0) is 42.7 Å². The van der Waals surface area contributed by atoms with Gasteiger partial charge in [-0.2, -0.15) is 4.37 Å². The van der Waals surface area contributed by atoms with Gasteiger partial charge in [0.25, 0.3) is 0 Å². The molecule has 0 N–H and O–H groups in total. The average molecular weight is 508 g/mol. The van der Waals surface area contributed by atoms with Crippen LogP contribution in [-0.2, 0) is 11.2 Å². The van der Waals surface area contributed by atoms with Crippen molar-refractivity contribution in [2.45, 2.75) is 19.3 Å². The number of hydrogen-bond acceptors (Lipinski definition) is 8. The predicted octanol–water partition coefficient (Wildman–Crippen LogP) is 3.71. The lowest BCUT2D eigenvalue weighted by Crippen LogP contribution is -2.51. The van der Waals surface area contributed by atoms with Crippen molar-refractivity contribution in [2.75, 3.05) is 63.3 Å². The Labute approximate surface area is 216 Å². The first-order chi connectivity index (χ1) is 17.6. The van der Waals surface area contributed by atoms with Crippen molar-refractivity contribution in [2.24, 2.45) is 5.92 Å². The number of ether oxygens (including phenoxy) is 2. The molecule has 2 aromatic carbocycles. The molecule has 2 aliphatic rings. The summed E-state index contributed by atoms with van der Waals surface area (Å²) in [4.78, 5) is 24.7. The summed E-state index contributed by atoms with van der Waals surface area (Å²) in [6, 6.07) is 16.1. The van der Waals surface area contributed by atoms with Gasteiger partial charge in [-0.1, -0.05) is 24.3 Å². The number of piperazine rings is 1. The van der Waals surface area contributed by atoms with Crippen LogP contribution in [-0.4, -0.2) is 73.7 Å². The monoisotopic (exact) mass is 507 g/mol. The third kappa shape index (κ3) is 5.41. The molecule has 0 bridgehead atoms. The smallest absolute Gasteiger partial charge is 0.225 e. The van der Waals surface area contributed by atoms with Crippen LogP contribution in [0.5, 0.6) is 11.5 Å². The van der Waals surface area contributed by atoms with Crippen molar-refractivity contribution in [1.29, 1.82) is 0 Å². The van der Waals surface area contributed by atoms with E-state index >= 15 is 0 Å². The summed E-state index contributed by atoms with van der Waals surface area (Å²) in [6.45, 7) is 4.83. The molecule has 2 saturated heterocycles. The van der Waals surface area contributed by atoms with Gasteiger partial charge in [0.2, 0.25) is 11.0 Å². The predicted molar refractivity (Wildman–Crippen MR) is 142 cm³/mol. The molecule has 190 valence electrons. The molecule has 0 saturated carbocycles. The highest BCUT2D eigenvalue weighted by molar-refractivity contribution is 7.09. The van der Waals surface area contributed by atoms with Gasteiger partial charge < -0.3 is 24.2 Å². The lowest BCUT2D eigenvalue weighted by atomic mass is 9.95. The molecule has 36 heavy (non-hydrogen) atoms. The van der Waals surface area contributed by atoms with Gasteiger partial charge in [0, 0.05) is 63.1 Å². The summed E-state index contributed by atoms with van der Waals surface area (Å²) in [5.74, 6) is 2.94. The van der Waals surface area contributed by atoms with Gasteiger partial charge in [-0.15, -0.1) is 0 Å². The molecular formula is C27H33N5O3S. The van der Waals surface area contributed by atoms with Crippen LogP contribution in [0.25, 0.3) is 0 Å². The second kappa shape index (κ2) is 11.2. The highest BCUT2D eigenvalue weighted by Crippen LogP contribution is 2.30. The van der Waals surface area contributed by atoms with Crippen LogP contribution >= 0.6 is 11.5 Å². The quantitative estimate of drug-likeness (QED) is 0.483. The van der Waals surface area contributed by atoms with E-state index in [0.717, 1.165) is 85.8 Å². The van der Waals surface area contributed by atoms with Gasteiger partial charge in [0.05, 0.1) is 19.9 Å². The molecule has 1 aromatic heterocycles. The third-order valence-electron chi connectivity index (χ3n) is 7.09. The normalized spacial score (nSPS) is 16.8. The molecule has 3 heterocycles. The van der Waals surface area contributed by atoms with E-state index in [1.165, 1.54) is 11.5 Å². The first-order valence-corrected chi connectivity index (χ1v) is 13.3. The minimum absolute atomic E-state index is 0.0863. The van der Waals surface area contributed by atoms with Crippen molar-refractivity contribution < 1.29 is 14.3 Å². The van der Waals surface area contributed by atoms with Crippen molar-refractivity contribution in [3.8, 4) is 11.5 Å². The Morgan fingerprint density at radius 3 is 2.47 bits per heavy atom. The van der Waals surface area contributed by atoms with Gasteiger partial charge in [0.1, 0.15) is 17.3 Å². The van der Waals surface area contributed by atoms with Gasteiger partial charge in [-0.3, -0.25) is 4.79 Å². The summed E-state index contributed by atoms with van der Waals surface area (Å²) in [7, 11) is 3.38. The summed E-state index contributed by atoms with van der Waals surface area (Å²) in [5, 5.41) is 0.948. The van der Waals surface area contributed by atoms with E-state index in [9.17, 15) is 4.79 Å². The molecule has 2 fully saturated rings. The van der Waals surface area contributed by atoms with Crippen LogP contribution in [0, 0.1) is 5.92 Å². The number of piperidine rings is 1. The van der Waals surface area contributed by atoms with Crippen LogP contribution in [0.15, 0.2) is 48.5 Å². The standard InChI is InChI=1S/C27H33N5O3S/c1-34-22-7-5-6-20(18-22)19-25-28-27(36-29-25)32-12-10-21(11-13-32)26(33)31-16-14-30(15-17-31)23-8-3-4-9-24(23)35-2/h3-9,18,21H,10-17,19H2,1-2H3. The lowest BCUT2D eigenvalue weighted by Gasteiger charge is -2.39. The number of hydrogen-bond donors (Lipinski definition) is 0. The minimum Gasteiger partial charge on any atom is -0.497 e. The number of amides is 1. The van der Waals surface area contributed by atoms with Gasteiger partial charge >= 0.3 is 0 Å². The maximum absolute atomic E-state index is 13.3. The van der Waals surface area contributed by atoms with Crippen LogP contribution < -0.4 is 19.3 Å². The van der Waals surface area contributed by atoms with E-state index in [-0.39, 0.29) is 5.92 Å². The van der Waals surface area contributed by atoms with Crippen molar-refractivity contribution in [3.63, 3.8) is 0 Å². The van der Waals surface area contributed by atoms with E-state index in [1.807, 2.05) is 41.3 Å². The fourth-order valence-electron chi connectivity index (χ4n) is 5.04. The summed E-state index contributed by atoms with van der Waals surface area (Å²) >= 11 is 1.45. The van der Waals surface area contributed by atoms with Gasteiger partial charge in [-0.25, -0.2) is 4.98 Å². The lowest BCUT2D eigenvalue weighted by molar-refractivity contribution is -0.136. The largest absolute Gasteiger partial charge is 0.497 e. The Kier molecular flexibility index (Phi) is 7.55. The first-order valence-electron chi connectivity index (χ1n) is 12.5. The molecule has 0 aliphatic carbocycles. The fourth-order valence-corrected chi connectivity index (χ4v) is 5.78. The maximum Gasteiger partial charge on any atom is 0.225 e. The molecule has 2 aliphatic heterocycles. The fraction of sp³-hybridized carbons (Fsp3) is 0.444. The molecule has 8 nitrogen and oxygen atoms in total. The number of nitrogens with zero attached hydrogens (tertiary/aromatic N) is 5. The molecule has 0 spiro atoms. The molecule has 3 aromatic rings. The van der Waals surface area contributed by atoms with Crippen molar-refractivity contribution in [3.05, 3.63) is 59.9 Å². The number of aromatic nitrogens is 2. The first kappa shape index (κ1) is 24.4. The van der Waals surface area contributed by atoms with Crippen LogP contribution in [0.2, 0.25) is 0 Å². The summed E-state index contributed by atoms with van der Waals surface area (Å²) in [5.41, 5.74) is 2.23. The molecule has 0 unspecified atom stereocenters. The Morgan fingerprint density at radius 1 is 0.944 bits per heavy atom. The van der Waals surface area contributed by atoms with E-state index < -0.39 is 0 Å². The number of anilines is 2. The number of para-hydroxylation sites is 2. The SMILES string of the molecule is COc1cccc(Cc2nsc(N3CCC(C(=O)N4CCN(c5ccccc5OC)CC4)CC3)n2)c1. The zero-order chi connectivity index (χ0) is 24.9. The second-order valence-corrected chi connectivity index (χ2v) is 10.00.